The van der Waals surface area contributed by atoms with E-state index < -0.39 is 0 Å². The summed E-state index contributed by atoms with van der Waals surface area (Å²) >= 11 is 1.37. The third-order valence-electron chi connectivity index (χ3n) is 4.11. The van der Waals surface area contributed by atoms with Crippen molar-refractivity contribution in [3.63, 3.8) is 0 Å². The van der Waals surface area contributed by atoms with Gasteiger partial charge in [0, 0.05) is 18.8 Å². The number of thiophene rings is 1. The largest absolute Gasteiger partial charge is 0.383 e. The summed E-state index contributed by atoms with van der Waals surface area (Å²) in [7, 11) is 1.62. The molecular formula is C19H23N5O2S. The summed E-state index contributed by atoms with van der Waals surface area (Å²) in [5, 5.41) is 7.15. The maximum Gasteiger partial charge on any atom is 0.262 e. The first-order valence-electron chi connectivity index (χ1n) is 8.70. The fourth-order valence-electron chi connectivity index (χ4n) is 2.88. The standard InChI is InChI=1S/C19H23N5O2S/c1-11-6-5-7-14(23-11)8-20-17-15-13(3)16(27-19(15)22-10-21-17)18(25)24-12(2)9-26-4/h5-7,10,12H,8-9H2,1-4H3,(H,24,25)(H,20,21,22)/t12-/m1/s1. The maximum atomic E-state index is 12.6. The molecule has 7 nitrogen and oxygen atoms in total. The van der Waals surface area contributed by atoms with Crippen LogP contribution in [0, 0.1) is 13.8 Å². The fourth-order valence-corrected chi connectivity index (χ4v) is 3.93. The molecule has 3 rings (SSSR count). The Morgan fingerprint density at radius 2 is 2.11 bits per heavy atom. The highest BCUT2D eigenvalue weighted by Gasteiger charge is 2.20. The zero-order valence-corrected chi connectivity index (χ0v) is 16.7. The molecule has 27 heavy (non-hydrogen) atoms. The van der Waals surface area contributed by atoms with E-state index in [9.17, 15) is 4.79 Å². The zero-order valence-electron chi connectivity index (χ0n) is 15.9. The molecule has 0 fully saturated rings. The average molecular weight is 385 g/mol. The van der Waals surface area contributed by atoms with Crippen molar-refractivity contribution >= 4 is 33.3 Å². The highest BCUT2D eigenvalue weighted by atomic mass is 32.1. The van der Waals surface area contributed by atoms with Gasteiger partial charge in [-0.05, 0) is 38.5 Å². The quantitative estimate of drug-likeness (QED) is 0.650. The van der Waals surface area contributed by atoms with Crippen molar-refractivity contribution in [2.45, 2.75) is 33.4 Å². The van der Waals surface area contributed by atoms with E-state index in [1.165, 1.54) is 17.7 Å². The molecule has 0 aliphatic rings. The van der Waals surface area contributed by atoms with Gasteiger partial charge in [-0.2, -0.15) is 0 Å². The number of fused-ring (bicyclic) bond motifs is 1. The van der Waals surface area contributed by atoms with Crippen LogP contribution in [0.25, 0.3) is 10.2 Å². The molecule has 0 radical (unpaired) electrons. The Bertz CT molecular complexity index is 956. The van der Waals surface area contributed by atoms with E-state index >= 15 is 0 Å². The minimum absolute atomic E-state index is 0.0665. The number of nitrogens with zero attached hydrogens (tertiary/aromatic N) is 3. The molecule has 0 aliphatic heterocycles. The Balaban J connectivity index is 1.85. The number of anilines is 1. The van der Waals surface area contributed by atoms with E-state index in [4.69, 9.17) is 4.74 Å². The topological polar surface area (TPSA) is 89.0 Å². The van der Waals surface area contributed by atoms with Crippen LogP contribution in [0.2, 0.25) is 0 Å². The zero-order chi connectivity index (χ0) is 19.4. The number of nitrogens with one attached hydrogen (secondary N) is 2. The molecule has 3 aromatic rings. The summed E-state index contributed by atoms with van der Waals surface area (Å²) in [6.07, 6.45) is 1.51. The van der Waals surface area contributed by atoms with Gasteiger partial charge in [0.25, 0.3) is 5.91 Å². The van der Waals surface area contributed by atoms with Gasteiger partial charge in [0.1, 0.15) is 17.0 Å². The predicted octanol–water partition coefficient (Wildman–Crippen LogP) is 3.08. The van der Waals surface area contributed by atoms with Gasteiger partial charge in [-0.3, -0.25) is 9.78 Å². The molecule has 0 saturated carbocycles. The van der Waals surface area contributed by atoms with Gasteiger partial charge in [-0.25, -0.2) is 9.97 Å². The van der Waals surface area contributed by atoms with Gasteiger partial charge in [0.05, 0.1) is 29.1 Å². The second-order valence-electron chi connectivity index (χ2n) is 6.41. The molecule has 0 bridgehead atoms. The summed E-state index contributed by atoms with van der Waals surface area (Å²) in [6.45, 7) is 6.81. The van der Waals surface area contributed by atoms with Crippen molar-refractivity contribution in [2.24, 2.45) is 0 Å². The van der Waals surface area contributed by atoms with Crippen LogP contribution in [0.5, 0.6) is 0 Å². The van der Waals surface area contributed by atoms with Crippen molar-refractivity contribution in [1.82, 2.24) is 20.3 Å². The van der Waals surface area contributed by atoms with Gasteiger partial charge in [0.15, 0.2) is 0 Å². The number of aryl methyl sites for hydroxylation is 2. The number of carbonyl (C=O) groups is 1. The van der Waals surface area contributed by atoms with Crippen LogP contribution >= 0.6 is 11.3 Å². The normalized spacial score (nSPS) is 12.1. The molecule has 2 N–H and O–H groups in total. The molecule has 0 aromatic carbocycles. The van der Waals surface area contributed by atoms with Gasteiger partial charge in [-0.1, -0.05) is 6.07 Å². The molecule has 3 aromatic heterocycles. The second kappa shape index (κ2) is 8.41. The fraction of sp³-hybridized carbons (Fsp3) is 0.368. The van der Waals surface area contributed by atoms with Crippen molar-refractivity contribution in [2.75, 3.05) is 19.0 Å². The molecule has 0 spiro atoms. The van der Waals surface area contributed by atoms with Crippen LogP contribution in [-0.4, -0.2) is 40.6 Å². The average Bonchev–Trinajstić information content (AvgIpc) is 2.98. The first kappa shape index (κ1) is 19.2. The van der Waals surface area contributed by atoms with Crippen molar-refractivity contribution in [1.29, 1.82) is 0 Å². The number of hydrogen-bond acceptors (Lipinski definition) is 7. The van der Waals surface area contributed by atoms with Crippen LogP contribution < -0.4 is 10.6 Å². The predicted molar refractivity (Wildman–Crippen MR) is 107 cm³/mol. The minimum Gasteiger partial charge on any atom is -0.383 e. The first-order valence-corrected chi connectivity index (χ1v) is 9.51. The van der Waals surface area contributed by atoms with Crippen LogP contribution in [0.15, 0.2) is 24.5 Å². The molecule has 0 aliphatic carbocycles. The van der Waals surface area contributed by atoms with Crippen LogP contribution in [-0.2, 0) is 11.3 Å². The number of pyridine rings is 1. The Kier molecular flexibility index (Phi) is 5.98. The summed E-state index contributed by atoms with van der Waals surface area (Å²) in [4.78, 5) is 27.2. The van der Waals surface area contributed by atoms with Crippen molar-refractivity contribution in [3.8, 4) is 0 Å². The molecule has 8 heteroatoms. The lowest BCUT2D eigenvalue weighted by Crippen LogP contribution is -2.35. The third kappa shape index (κ3) is 4.40. The number of methoxy groups -OCH3 is 1. The highest BCUT2D eigenvalue weighted by molar-refractivity contribution is 7.20. The van der Waals surface area contributed by atoms with Gasteiger partial charge in [-0.15, -0.1) is 11.3 Å². The Labute approximate surface area is 162 Å². The number of aromatic nitrogens is 3. The van der Waals surface area contributed by atoms with Crippen LogP contribution in [0.4, 0.5) is 5.82 Å². The van der Waals surface area contributed by atoms with Gasteiger partial charge in [0.2, 0.25) is 0 Å². The number of amides is 1. The maximum absolute atomic E-state index is 12.6. The highest BCUT2D eigenvalue weighted by Crippen LogP contribution is 2.33. The Hall–Kier alpha value is -2.58. The Morgan fingerprint density at radius 1 is 1.30 bits per heavy atom. The summed E-state index contributed by atoms with van der Waals surface area (Å²) in [6, 6.07) is 5.84. The lowest BCUT2D eigenvalue weighted by Gasteiger charge is -2.12. The molecule has 1 amide bonds. The molecule has 1 atom stereocenters. The second-order valence-corrected chi connectivity index (χ2v) is 7.41. The van der Waals surface area contributed by atoms with Gasteiger partial charge < -0.3 is 15.4 Å². The van der Waals surface area contributed by atoms with E-state index in [0.717, 1.165) is 27.2 Å². The molecular weight excluding hydrogens is 362 g/mol. The van der Waals surface area contributed by atoms with E-state index in [1.807, 2.05) is 39.0 Å². The smallest absolute Gasteiger partial charge is 0.262 e. The molecule has 0 unspecified atom stereocenters. The minimum atomic E-state index is -0.119. The summed E-state index contributed by atoms with van der Waals surface area (Å²) < 4.78 is 5.08. The number of carbonyl (C=O) groups excluding carboxylic acids is 1. The van der Waals surface area contributed by atoms with E-state index in [2.05, 4.69) is 25.6 Å². The molecule has 142 valence electrons. The lowest BCUT2D eigenvalue weighted by atomic mass is 10.2. The van der Waals surface area contributed by atoms with E-state index in [0.29, 0.717) is 23.8 Å². The summed E-state index contributed by atoms with van der Waals surface area (Å²) in [5.41, 5.74) is 2.77. The SMILES string of the molecule is COC[C@@H](C)NC(=O)c1sc2ncnc(NCc3cccc(C)n3)c2c1C. The summed E-state index contributed by atoms with van der Waals surface area (Å²) in [5.74, 6) is 0.590. The van der Waals surface area contributed by atoms with E-state index in [1.54, 1.807) is 7.11 Å². The van der Waals surface area contributed by atoms with Crippen molar-refractivity contribution in [3.05, 3.63) is 46.4 Å². The molecule has 0 saturated heterocycles. The monoisotopic (exact) mass is 385 g/mol. The van der Waals surface area contributed by atoms with Crippen molar-refractivity contribution < 1.29 is 9.53 Å². The van der Waals surface area contributed by atoms with E-state index in [-0.39, 0.29) is 11.9 Å². The number of rotatable bonds is 7. The number of ether oxygens (including phenoxy) is 1. The van der Waals surface area contributed by atoms with Crippen LogP contribution in [0.1, 0.15) is 33.5 Å². The first-order chi connectivity index (χ1) is 13.0. The lowest BCUT2D eigenvalue weighted by molar-refractivity contribution is 0.0909. The van der Waals surface area contributed by atoms with Gasteiger partial charge >= 0.3 is 0 Å². The number of hydrogen-bond donors (Lipinski definition) is 2. The van der Waals surface area contributed by atoms with Crippen LogP contribution in [0.3, 0.4) is 0 Å². The Morgan fingerprint density at radius 3 is 2.85 bits per heavy atom. The molecule has 3 heterocycles. The third-order valence-corrected chi connectivity index (χ3v) is 5.31.